The van der Waals surface area contributed by atoms with E-state index in [0.717, 1.165) is 25.7 Å². The molecule has 1 heterocycles. The van der Waals surface area contributed by atoms with Crippen molar-refractivity contribution in [1.82, 2.24) is 9.78 Å². The molecule has 1 rings (SSSR count). The van der Waals surface area contributed by atoms with Crippen LogP contribution < -0.4 is 0 Å². The minimum atomic E-state index is 0.189. The van der Waals surface area contributed by atoms with Crippen LogP contribution in [0, 0.1) is 0 Å². The zero-order valence-electron chi connectivity index (χ0n) is 9.28. The molecule has 0 saturated heterocycles. The summed E-state index contributed by atoms with van der Waals surface area (Å²) < 4.78 is 1.63. The van der Waals surface area contributed by atoms with Gasteiger partial charge in [-0.2, -0.15) is 5.10 Å². The molecule has 3 heteroatoms. The first kappa shape index (κ1) is 11.7. The van der Waals surface area contributed by atoms with Crippen molar-refractivity contribution in [3.8, 4) is 0 Å². The molecule has 0 aliphatic rings. The van der Waals surface area contributed by atoms with Crippen LogP contribution in [0.1, 0.15) is 42.6 Å². The highest BCUT2D eigenvalue weighted by Gasteiger charge is 2.08. The van der Waals surface area contributed by atoms with Gasteiger partial charge in [-0.3, -0.25) is 9.48 Å². The quantitative estimate of drug-likeness (QED) is 0.390. The van der Waals surface area contributed by atoms with Crippen LogP contribution in [0.25, 0.3) is 0 Å². The van der Waals surface area contributed by atoms with Gasteiger partial charge in [0.2, 0.25) is 0 Å². The Kier molecular flexibility index (Phi) is 4.81. The van der Waals surface area contributed by atoms with Crippen molar-refractivity contribution in [2.24, 2.45) is 7.05 Å². The molecule has 1 aromatic rings. The standard InChI is InChI=1S/C12H18N2O/c1-3-4-5-6-7-8-12(15)11-9-10-13-14(11)2/h3,9-10H,1,4-8H2,2H3. The van der Waals surface area contributed by atoms with Gasteiger partial charge < -0.3 is 0 Å². The Morgan fingerprint density at radius 1 is 1.53 bits per heavy atom. The SMILES string of the molecule is C=CCCCCCC(=O)c1ccnn1C. The Morgan fingerprint density at radius 3 is 2.93 bits per heavy atom. The Bertz CT molecular complexity index is 328. The number of allylic oxidation sites excluding steroid dienone is 1. The smallest absolute Gasteiger partial charge is 0.180 e. The summed E-state index contributed by atoms with van der Waals surface area (Å²) in [5.41, 5.74) is 0.707. The van der Waals surface area contributed by atoms with E-state index in [2.05, 4.69) is 11.7 Å². The number of rotatable bonds is 7. The lowest BCUT2D eigenvalue weighted by Gasteiger charge is -2.00. The number of unbranched alkanes of at least 4 members (excludes halogenated alkanes) is 3. The maximum absolute atomic E-state index is 11.7. The zero-order valence-corrected chi connectivity index (χ0v) is 9.28. The summed E-state index contributed by atoms with van der Waals surface area (Å²) in [6, 6.07) is 1.77. The van der Waals surface area contributed by atoms with E-state index < -0.39 is 0 Å². The number of ketones is 1. The molecular formula is C12H18N2O. The van der Waals surface area contributed by atoms with Crippen molar-refractivity contribution in [3.63, 3.8) is 0 Å². The Hall–Kier alpha value is -1.38. The van der Waals surface area contributed by atoms with Crippen LogP contribution in [0.5, 0.6) is 0 Å². The van der Waals surface area contributed by atoms with Crippen LogP contribution in [-0.2, 0) is 7.05 Å². The average molecular weight is 206 g/mol. The molecule has 82 valence electrons. The van der Waals surface area contributed by atoms with Crippen molar-refractivity contribution in [2.45, 2.75) is 32.1 Å². The number of nitrogens with zero attached hydrogens (tertiary/aromatic N) is 2. The first-order valence-electron chi connectivity index (χ1n) is 5.38. The van der Waals surface area contributed by atoms with E-state index in [0.29, 0.717) is 12.1 Å². The maximum atomic E-state index is 11.7. The highest BCUT2D eigenvalue weighted by Crippen LogP contribution is 2.08. The monoisotopic (exact) mass is 206 g/mol. The van der Waals surface area contributed by atoms with E-state index in [1.807, 2.05) is 6.08 Å². The van der Waals surface area contributed by atoms with Gasteiger partial charge in [0.1, 0.15) is 5.69 Å². The molecule has 0 amide bonds. The first-order chi connectivity index (χ1) is 7.25. The third-order valence-corrected chi connectivity index (χ3v) is 2.42. The molecule has 0 unspecified atom stereocenters. The zero-order chi connectivity index (χ0) is 11.1. The van der Waals surface area contributed by atoms with Gasteiger partial charge >= 0.3 is 0 Å². The highest BCUT2D eigenvalue weighted by molar-refractivity contribution is 5.94. The Balaban J connectivity index is 2.25. The predicted octanol–water partition coefficient (Wildman–Crippen LogP) is 2.74. The van der Waals surface area contributed by atoms with Crippen LogP contribution in [0.3, 0.4) is 0 Å². The van der Waals surface area contributed by atoms with Crippen molar-refractivity contribution < 1.29 is 4.79 Å². The minimum absolute atomic E-state index is 0.189. The fourth-order valence-electron chi connectivity index (χ4n) is 1.53. The second kappa shape index (κ2) is 6.17. The summed E-state index contributed by atoms with van der Waals surface area (Å²) in [4.78, 5) is 11.7. The summed E-state index contributed by atoms with van der Waals surface area (Å²) >= 11 is 0. The van der Waals surface area contributed by atoms with Crippen molar-refractivity contribution in [2.75, 3.05) is 0 Å². The molecule has 0 aromatic carbocycles. The summed E-state index contributed by atoms with van der Waals surface area (Å²) in [6.45, 7) is 3.67. The van der Waals surface area contributed by atoms with E-state index in [-0.39, 0.29) is 5.78 Å². The molecule has 0 N–H and O–H groups in total. The number of carbonyl (C=O) groups is 1. The molecule has 0 radical (unpaired) electrons. The largest absolute Gasteiger partial charge is 0.292 e. The number of hydrogen-bond donors (Lipinski definition) is 0. The minimum Gasteiger partial charge on any atom is -0.292 e. The van der Waals surface area contributed by atoms with Gasteiger partial charge in [0.25, 0.3) is 0 Å². The van der Waals surface area contributed by atoms with Gasteiger partial charge in [-0.05, 0) is 25.3 Å². The van der Waals surface area contributed by atoms with Crippen molar-refractivity contribution in [3.05, 3.63) is 30.6 Å². The van der Waals surface area contributed by atoms with Gasteiger partial charge in [-0.15, -0.1) is 6.58 Å². The van der Waals surface area contributed by atoms with Gasteiger partial charge in [-0.25, -0.2) is 0 Å². The van der Waals surface area contributed by atoms with Crippen LogP contribution in [0.15, 0.2) is 24.9 Å². The molecule has 0 spiro atoms. The highest BCUT2D eigenvalue weighted by atomic mass is 16.1. The summed E-state index contributed by atoms with van der Waals surface area (Å²) in [5, 5.41) is 3.98. The fraction of sp³-hybridized carbons (Fsp3) is 0.500. The number of hydrogen-bond acceptors (Lipinski definition) is 2. The van der Waals surface area contributed by atoms with Crippen molar-refractivity contribution >= 4 is 5.78 Å². The average Bonchev–Trinajstić information content (AvgIpc) is 2.64. The van der Waals surface area contributed by atoms with E-state index in [4.69, 9.17) is 0 Å². The molecule has 0 fully saturated rings. The lowest BCUT2D eigenvalue weighted by Crippen LogP contribution is -2.06. The molecule has 15 heavy (non-hydrogen) atoms. The molecule has 3 nitrogen and oxygen atoms in total. The summed E-state index contributed by atoms with van der Waals surface area (Å²) in [5.74, 6) is 0.189. The summed E-state index contributed by atoms with van der Waals surface area (Å²) in [7, 11) is 1.80. The van der Waals surface area contributed by atoms with Crippen LogP contribution in [0.2, 0.25) is 0 Å². The molecular weight excluding hydrogens is 188 g/mol. The second-order valence-electron chi connectivity index (χ2n) is 3.65. The molecule has 0 aliphatic carbocycles. The fourth-order valence-corrected chi connectivity index (χ4v) is 1.53. The normalized spacial score (nSPS) is 10.2. The Morgan fingerprint density at radius 2 is 2.33 bits per heavy atom. The maximum Gasteiger partial charge on any atom is 0.180 e. The first-order valence-corrected chi connectivity index (χ1v) is 5.38. The lowest BCUT2D eigenvalue weighted by molar-refractivity contribution is 0.0970. The number of carbonyl (C=O) groups excluding carboxylic acids is 1. The van der Waals surface area contributed by atoms with Gasteiger partial charge in [0.05, 0.1) is 0 Å². The predicted molar refractivity (Wildman–Crippen MR) is 60.8 cm³/mol. The third kappa shape index (κ3) is 3.70. The van der Waals surface area contributed by atoms with Crippen molar-refractivity contribution in [1.29, 1.82) is 0 Å². The van der Waals surface area contributed by atoms with Crippen LogP contribution >= 0.6 is 0 Å². The second-order valence-corrected chi connectivity index (χ2v) is 3.65. The van der Waals surface area contributed by atoms with Gasteiger partial charge in [-0.1, -0.05) is 12.5 Å². The van der Waals surface area contributed by atoms with E-state index in [1.165, 1.54) is 0 Å². The third-order valence-electron chi connectivity index (χ3n) is 2.42. The van der Waals surface area contributed by atoms with E-state index in [1.54, 1.807) is 24.0 Å². The van der Waals surface area contributed by atoms with Crippen LogP contribution in [0.4, 0.5) is 0 Å². The van der Waals surface area contributed by atoms with Gasteiger partial charge in [0, 0.05) is 19.7 Å². The molecule has 0 saturated carbocycles. The number of Topliss-reactive ketones (excluding diaryl/α,β-unsaturated/α-hetero) is 1. The lowest BCUT2D eigenvalue weighted by atomic mass is 10.1. The Labute approximate surface area is 90.8 Å². The molecule has 0 bridgehead atoms. The van der Waals surface area contributed by atoms with E-state index in [9.17, 15) is 4.79 Å². The van der Waals surface area contributed by atoms with Gasteiger partial charge in [0.15, 0.2) is 5.78 Å². The number of aryl methyl sites for hydroxylation is 1. The topological polar surface area (TPSA) is 34.9 Å². The van der Waals surface area contributed by atoms with Crippen LogP contribution in [-0.4, -0.2) is 15.6 Å². The summed E-state index contributed by atoms with van der Waals surface area (Å²) in [6.07, 6.45) is 8.42. The molecule has 1 aromatic heterocycles. The number of aromatic nitrogens is 2. The molecule has 0 atom stereocenters. The van der Waals surface area contributed by atoms with E-state index >= 15 is 0 Å². The molecule has 0 aliphatic heterocycles.